The first-order valence-electron chi connectivity index (χ1n) is 9.03. The summed E-state index contributed by atoms with van der Waals surface area (Å²) < 4.78 is 8.13. The highest BCUT2D eigenvalue weighted by Crippen LogP contribution is 2.29. The molecule has 0 saturated carbocycles. The van der Waals surface area contributed by atoms with Gasteiger partial charge in [-0.1, -0.05) is 6.07 Å². The molecule has 0 fully saturated rings. The maximum atomic E-state index is 5.97. The van der Waals surface area contributed by atoms with Crippen molar-refractivity contribution in [1.29, 1.82) is 0 Å². The zero-order chi connectivity index (χ0) is 19.6. The van der Waals surface area contributed by atoms with Crippen LogP contribution in [0, 0.1) is 0 Å². The molecule has 6 nitrogen and oxygen atoms in total. The molecule has 3 N–H and O–H groups in total. The minimum Gasteiger partial charge on any atom is -0.439 e. The highest BCUT2D eigenvalue weighted by Gasteiger charge is 2.07. The van der Waals surface area contributed by atoms with Crippen LogP contribution in [-0.4, -0.2) is 14.5 Å². The number of nitrogens with two attached hydrogens (primary N) is 1. The summed E-state index contributed by atoms with van der Waals surface area (Å²) in [7, 11) is 0. The molecule has 0 aliphatic rings. The zero-order valence-electron chi connectivity index (χ0n) is 15.3. The Kier molecular flexibility index (Phi) is 4.34. The Morgan fingerprint density at radius 3 is 2.83 bits per heavy atom. The van der Waals surface area contributed by atoms with E-state index < -0.39 is 0 Å². The first-order chi connectivity index (χ1) is 14.2. The average molecular weight is 399 g/mol. The summed E-state index contributed by atoms with van der Waals surface area (Å²) in [4.78, 5) is 8.67. The van der Waals surface area contributed by atoms with Gasteiger partial charge >= 0.3 is 0 Å². The van der Waals surface area contributed by atoms with E-state index in [4.69, 9.17) is 10.5 Å². The number of nitrogen functional groups attached to an aromatic ring is 1. The number of hydrogen-bond donors (Lipinski definition) is 2. The van der Waals surface area contributed by atoms with Crippen LogP contribution in [0.3, 0.4) is 0 Å². The Bertz CT molecular complexity index is 1280. The predicted octanol–water partition coefficient (Wildman–Crippen LogP) is 5.60. The predicted molar refractivity (Wildman–Crippen MR) is 117 cm³/mol. The molecule has 142 valence electrons. The lowest BCUT2D eigenvalue weighted by atomic mass is 10.2. The monoisotopic (exact) mass is 399 g/mol. The van der Waals surface area contributed by atoms with Gasteiger partial charge in [0.15, 0.2) is 0 Å². The van der Waals surface area contributed by atoms with Crippen LogP contribution in [0.25, 0.3) is 15.9 Å². The van der Waals surface area contributed by atoms with Crippen LogP contribution in [-0.2, 0) is 0 Å². The summed E-state index contributed by atoms with van der Waals surface area (Å²) in [6, 6.07) is 21.4. The molecule has 7 heteroatoms. The lowest BCUT2D eigenvalue weighted by Gasteiger charge is -2.09. The van der Waals surface area contributed by atoms with Gasteiger partial charge < -0.3 is 20.4 Å². The first kappa shape index (κ1) is 17.3. The second-order valence-electron chi connectivity index (χ2n) is 6.43. The maximum absolute atomic E-state index is 5.97. The third-order valence-corrected chi connectivity index (χ3v) is 5.27. The summed E-state index contributed by atoms with van der Waals surface area (Å²) in [6.07, 6.45) is 3.72. The average Bonchev–Trinajstić information content (AvgIpc) is 3.37. The second-order valence-corrected chi connectivity index (χ2v) is 7.35. The van der Waals surface area contributed by atoms with Crippen molar-refractivity contribution in [2.45, 2.75) is 0 Å². The van der Waals surface area contributed by atoms with E-state index in [1.807, 2.05) is 42.5 Å². The normalized spacial score (nSPS) is 10.9. The molecular formula is C22H17N5OS. The van der Waals surface area contributed by atoms with Crippen LogP contribution in [0.1, 0.15) is 0 Å². The SMILES string of the molecule is Nc1cccc(Nc2nccc(Oc3ccc4c(ccn4-c4cccs4)c3)n2)c1. The second kappa shape index (κ2) is 7.29. The lowest BCUT2D eigenvalue weighted by molar-refractivity contribution is 0.463. The smallest absolute Gasteiger partial charge is 0.230 e. The minimum absolute atomic E-state index is 0.443. The molecular weight excluding hydrogens is 382 g/mol. The van der Waals surface area contributed by atoms with E-state index in [0.717, 1.165) is 22.3 Å². The number of benzene rings is 2. The number of hydrogen-bond acceptors (Lipinski definition) is 6. The van der Waals surface area contributed by atoms with Gasteiger partial charge in [-0.15, -0.1) is 11.3 Å². The minimum atomic E-state index is 0.443. The van der Waals surface area contributed by atoms with E-state index in [9.17, 15) is 0 Å². The molecule has 0 spiro atoms. The molecule has 0 atom stereocenters. The fraction of sp³-hybridized carbons (Fsp3) is 0. The number of nitrogens with one attached hydrogen (secondary N) is 1. The van der Waals surface area contributed by atoms with Crippen molar-refractivity contribution in [3.05, 3.63) is 84.5 Å². The van der Waals surface area contributed by atoms with Gasteiger partial charge in [-0.05, 0) is 60.0 Å². The van der Waals surface area contributed by atoms with E-state index in [0.29, 0.717) is 17.5 Å². The van der Waals surface area contributed by atoms with Gasteiger partial charge in [-0.25, -0.2) is 4.98 Å². The fourth-order valence-corrected chi connectivity index (χ4v) is 3.84. The van der Waals surface area contributed by atoms with Crippen molar-refractivity contribution in [3.8, 4) is 16.6 Å². The molecule has 0 amide bonds. The third kappa shape index (κ3) is 3.63. The van der Waals surface area contributed by atoms with Crippen LogP contribution in [0.4, 0.5) is 17.3 Å². The summed E-state index contributed by atoms with van der Waals surface area (Å²) in [6.45, 7) is 0. The van der Waals surface area contributed by atoms with Crippen molar-refractivity contribution in [2.75, 3.05) is 11.1 Å². The first-order valence-corrected chi connectivity index (χ1v) is 9.91. The number of rotatable bonds is 5. The summed E-state index contributed by atoms with van der Waals surface area (Å²) in [5, 5.41) is 7.49. The van der Waals surface area contributed by atoms with Gasteiger partial charge in [-0.2, -0.15) is 4.98 Å². The van der Waals surface area contributed by atoms with Gasteiger partial charge in [0.1, 0.15) is 5.75 Å². The molecule has 5 aromatic rings. The van der Waals surface area contributed by atoms with Crippen LogP contribution in [0.5, 0.6) is 11.6 Å². The van der Waals surface area contributed by atoms with E-state index in [1.165, 1.54) is 5.00 Å². The molecule has 3 heterocycles. The molecule has 0 saturated heterocycles. The Morgan fingerprint density at radius 2 is 1.97 bits per heavy atom. The molecule has 2 aromatic carbocycles. The molecule has 5 rings (SSSR count). The molecule has 0 radical (unpaired) electrons. The van der Waals surface area contributed by atoms with Gasteiger partial charge in [-0.3, -0.25) is 0 Å². The number of anilines is 3. The molecule has 3 aromatic heterocycles. The lowest BCUT2D eigenvalue weighted by Crippen LogP contribution is -1.98. The fourth-order valence-electron chi connectivity index (χ4n) is 3.11. The van der Waals surface area contributed by atoms with Crippen molar-refractivity contribution >= 4 is 39.6 Å². The Labute approximate surface area is 171 Å². The van der Waals surface area contributed by atoms with Crippen molar-refractivity contribution in [1.82, 2.24) is 14.5 Å². The Hall–Kier alpha value is -3.84. The Balaban J connectivity index is 1.38. The molecule has 0 aliphatic heterocycles. The van der Waals surface area contributed by atoms with E-state index in [1.54, 1.807) is 23.6 Å². The zero-order valence-corrected chi connectivity index (χ0v) is 16.1. The molecule has 29 heavy (non-hydrogen) atoms. The van der Waals surface area contributed by atoms with Gasteiger partial charge in [0.25, 0.3) is 0 Å². The molecule has 0 bridgehead atoms. The standard InChI is InChI=1S/C22H17N5OS/c23-16-3-1-4-17(14-16)25-22-24-10-8-20(26-22)28-18-6-7-19-15(13-18)9-11-27(19)21-5-2-12-29-21/h1-14H,23H2,(H,24,25,26). The number of fused-ring (bicyclic) bond motifs is 1. The largest absolute Gasteiger partial charge is 0.439 e. The number of aromatic nitrogens is 3. The van der Waals surface area contributed by atoms with Crippen molar-refractivity contribution < 1.29 is 4.74 Å². The number of nitrogens with zero attached hydrogens (tertiary/aromatic N) is 3. The van der Waals surface area contributed by atoms with Gasteiger partial charge in [0.05, 0.1) is 10.5 Å². The summed E-state index contributed by atoms with van der Waals surface area (Å²) in [5.74, 6) is 1.62. The molecule has 0 unspecified atom stereocenters. The van der Waals surface area contributed by atoms with Crippen molar-refractivity contribution in [2.24, 2.45) is 0 Å². The third-order valence-electron chi connectivity index (χ3n) is 4.40. The summed E-state index contributed by atoms with van der Waals surface area (Å²) in [5.41, 5.74) is 8.44. The van der Waals surface area contributed by atoms with E-state index in [-0.39, 0.29) is 0 Å². The number of ether oxygens (including phenoxy) is 1. The Morgan fingerprint density at radius 1 is 1.00 bits per heavy atom. The van der Waals surface area contributed by atoms with Crippen LogP contribution in [0.2, 0.25) is 0 Å². The van der Waals surface area contributed by atoms with Gasteiger partial charge in [0.2, 0.25) is 11.8 Å². The van der Waals surface area contributed by atoms with E-state index >= 15 is 0 Å². The maximum Gasteiger partial charge on any atom is 0.230 e. The van der Waals surface area contributed by atoms with Crippen molar-refractivity contribution in [3.63, 3.8) is 0 Å². The number of thiophene rings is 1. The van der Waals surface area contributed by atoms with Crippen LogP contribution >= 0.6 is 11.3 Å². The van der Waals surface area contributed by atoms with E-state index in [2.05, 4.69) is 49.6 Å². The van der Waals surface area contributed by atoms with Crippen LogP contribution < -0.4 is 15.8 Å². The quantitative estimate of drug-likeness (QED) is 0.376. The highest BCUT2D eigenvalue weighted by atomic mass is 32.1. The highest BCUT2D eigenvalue weighted by molar-refractivity contribution is 7.12. The van der Waals surface area contributed by atoms with Gasteiger partial charge in [0, 0.05) is 35.2 Å². The summed E-state index contributed by atoms with van der Waals surface area (Å²) >= 11 is 1.71. The van der Waals surface area contributed by atoms with Crippen LogP contribution in [0.15, 0.2) is 84.5 Å². The molecule has 0 aliphatic carbocycles. The topological polar surface area (TPSA) is 78.0 Å².